The van der Waals surface area contributed by atoms with E-state index in [-0.39, 0.29) is 0 Å². The third-order valence-corrected chi connectivity index (χ3v) is 9.58. The Hall–Kier alpha value is -5.80. The van der Waals surface area contributed by atoms with Gasteiger partial charge in [-0.1, -0.05) is 97.1 Å². The Morgan fingerprint density at radius 1 is 0.511 bits per heavy atom. The average molecular weight is 577 g/mol. The number of furan rings is 1. The summed E-state index contributed by atoms with van der Waals surface area (Å²) in [6, 6.07) is 48.2. The number of benzene rings is 6. The molecule has 6 aromatic carbocycles. The van der Waals surface area contributed by atoms with E-state index in [2.05, 4.69) is 149 Å². The largest absolute Gasteiger partial charge is 0.456 e. The summed E-state index contributed by atoms with van der Waals surface area (Å²) in [6.45, 7) is 0. The summed E-state index contributed by atoms with van der Waals surface area (Å²) in [5.74, 6) is 0. The standard InChI is InChI=1S/C42H28N2O/c1-5-17-35-30(13-1)31-14-2-6-18-36(31)43(35)29-12-9-11-27(25-29)28-23-24-33-32-15-3-7-19-37(32)44(39(33)26-28)38-20-10-22-41-42(38)34-16-4-8-21-40(34)45-41/h1-5,7-17,19-26H,6,18H2. The molecular formula is C42H28N2O. The van der Waals surface area contributed by atoms with Crippen LogP contribution in [-0.2, 0) is 6.42 Å². The highest BCUT2D eigenvalue weighted by Crippen LogP contribution is 2.40. The quantitative estimate of drug-likeness (QED) is 0.205. The fourth-order valence-electron chi connectivity index (χ4n) is 7.64. The van der Waals surface area contributed by atoms with Crippen LogP contribution in [0.5, 0.6) is 0 Å². The van der Waals surface area contributed by atoms with Crippen molar-refractivity contribution in [3.8, 4) is 22.5 Å². The van der Waals surface area contributed by atoms with Crippen LogP contribution in [0, 0.1) is 0 Å². The maximum Gasteiger partial charge on any atom is 0.137 e. The molecule has 0 bridgehead atoms. The van der Waals surface area contributed by atoms with Crippen LogP contribution < -0.4 is 0 Å². The van der Waals surface area contributed by atoms with Gasteiger partial charge in [-0.15, -0.1) is 0 Å². The van der Waals surface area contributed by atoms with E-state index in [9.17, 15) is 0 Å². The fourth-order valence-corrected chi connectivity index (χ4v) is 7.64. The summed E-state index contributed by atoms with van der Waals surface area (Å²) >= 11 is 0. The minimum absolute atomic E-state index is 0.903. The number of hydrogen-bond acceptors (Lipinski definition) is 1. The van der Waals surface area contributed by atoms with Gasteiger partial charge in [0.1, 0.15) is 11.2 Å². The van der Waals surface area contributed by atoms with Gasteiger partial charge in [0.05, 0.1) is 27.6 Å². The fraction of sp³-hybridized carbons (Fsp3) is 0.0476. The van der Waals surface area contributed by atoms with E-state index in [0.717, 1.165) is 40.5 Å². The van der Waals surface area contributed by atoms with Gasteiger partial charge in [-0.25, -0.2) is 0 Å². The number of hydrogen-bond donors (Lipinski definition) is 0. The third-order valence-electron chi connectivity index (χ3n) is 9.58. The van der Waals surface area contributed by atoms with Gasteiger partial charge in [0.25, 0.3) is 0 Å². The zero-order valence-corrected chi connectivity index (χ0v) is 24.6. The van der Waals surface area contributed by atoms with E-state index in [1.54, 1.807) is 0 Å². The highest BCUT2D eigenvalue weighted by molar-refractivity contribution is 6.14. The zero-order chi connectivity index (χ0) is 29.5. The molecule has 1 aliphatic rings. The Kier molecular flexibility index (Phi) is 5.11. The Balaban J connectivity index is 1.21. The highest BCUT2D eigenvalue weighted by atomic mass is 16.3. The van der Waals surface area contributed by atoms with Crippen molar-refractivity contribution in [1.29, 1.82) is 0 Å². The molecule has 0 unspecified atom stereocenters. The number of fused-ring (bicyclic) bond motifs is 9. The Morgan fingerprint density at radius 2 is 1.22 bits per heavy atom. The van der Waals surface area contributed by atoms with E-state index in [1.807, 2.05) is 6.07 Å². The number of para-hydroxylation sites is 3. The second-order valence-electron chi connectivity index (χ2n) is 12.0. The first kappa shape index (κ1) is 24.6. The van der Waals surface area contributed by atoms with E-state index in [0.29, 0.717) is 0 Å². The first-order chi connectivity index (χ1) is 22.3. The second-order valence-corrected chi connectivity index (χ2v) is 12.0. The van der Waals surface area contributed by atoms with Crippen molar-refractivity contribution in [3.05, 3.63) is 151 Å². The average Bonchev–Trinajstić information content (AvgIpc) is 3.76. The van der Waals surface area contributed by atoms with Crippen LogP contribution in [0.4, 0.5) is 0 Å². The van der Waals surface area contributed by atoms with Gasteiger partial charge < -0.3 is 13.6 Å². The molecule has 0 saturated carbocycles. The molecule has 0 fully saturated rings. The molecule has 1 aliphatic carbocycles. The monoisotopic (exact) mass is 576 g/mol. The molecular weight excluding hydrogens is 548 g/mol. The predicted molar refractivity (Wildman–Crippen MR) is 188 cm³/mol. The highest BCUT2D eigenvalue weighted by Gasteiger charge is 2.20. The van der Waals surface area contributed by atoms with Crippen molar-refractivity contribution >= 4 is 60.7 Å². The second kappa shape index (κ2) is 9.35. The molecule has 0 radical (unpaired) electrons. The van der Waals surface area contributed by atoms with Crippen LogP contribution in [0.25, 0.3) is 83.2 Å². The lowest BCUT2D eigenvalue weighted by atomic mass is 10.0. The van der Waals surface area contributed by atoms with Crippen molar-refractivity contribution in [2.75, 3.05) is 0 Å². The van der Waals surface area contributed by atoms with E-state index < -0.39 is 0 Å². The molecule has 212 valence electrons. The van der Waals surface area contributed by atoms with Gasteiger partial charge in [-0.3, -0.25) is 0 Å². The van der Waals surface area contributed by atoms with Crippen molar-refractivity contribution in [2.45, 2.75) is 12.8 Å². The van der Waals surface area contributed by atoms with Crippen molar-refractivity contribution < 1.29 is 4.42 Å². The molecule has 45 heavy (non-hydrogen) atoms. The van der Waals surface area contributed by atoms with Crippen molar-refractivity contribution in [3.63, 3.8) is 0 Å². The minimum atomic E-state index is 0.903. The molecule has 0 aliphatic heterocycles. The number of nitrogens with zero attached hydrogens (tertiary/aromatic N) is 2. The van der Waals surface area contributed by atoms with Crippen LogP contribution in [0.2, 0.25) is 0 Å². The molecule has 0 atom stereocenters. The zero-order valence-electron chi connectivity index (χ0n) is 24.6. The smallest absolute Gasteiger partial charge is 0.137 e. The maximum atomic E-state index is 6.31. The summed E-state index contributed by atoms with van der Waals surface area (Å²) in [4.78, 5) is 0. The minimum Gasteiger partial charge on any atom is -0.456 e. The molecule has 3 aromatic heterocycles. The van der Waals surface area contributed by atoms with Crippen LogP contribution in [0.1, 0.15) is 17.7 Å². The molecule has 10 rings (SSSR count). The first-order valence-corrected chi connectivity index (χ1v) is 15.7. The molecule has 0 saturated heterocycles. The topological polar surface area (TPSA) is 23.0 Å². The van der Waals surface area contributed by atoms with Crippen LogP contribution in [0.3, 0.4) is 0 Å². The Morgan fingerprint density at radius 3 is 2.13 bits per heavy atom. The van der Waals surface area contributed by atoms with Gasteiger partial charge in [0.2, 0.25) is 0 Å². The lowest BCUT2D eigenvalue weighted by Crippen LogP contribution is -2.03. The van der Waals surface area contributed by atoms with Gasteiger partial charge >= 0.3 is 0 Å². The normalized spacial score (nSPS) is 13.1. The Labute approximate surface area is 259 Å². The predicted octanol–water partition coefficient (Wildman–Crippen LogP) is 11.3. The lowest BCUT2D eigenvalue weighted by molar-refractivity contribution is 0.669. The van der Waals surface area contributed by atoms with Gasteiger partial charge in [0, 0.05) is 38.5 Å². The SMILES string of the molecule is C1=Cc2c(n(-c3cccc(-c4ccc5c6ccccc6n(-c6cccc7oc8ccccc8c67)c5c4)c3)c3ccccc23)CC1. The third kappa shape index (κ3) is 3.52. The molecule has 3 heterocycles. The molecule has 3 heteroatoms. The Bertz CT molecular complexity index is 2660. The summed E-state index contributed by atoms with van der Waals surface area (Å²) < 4.78 is 11.2. The van der Waals surface area contributed by atoms with E-state index in [1.165, 1.54) is 60.8 Å². The van der Waals surface area contributed by atoms with E-state index >= 15 is 0 Å². The first-order valence-electron chi connectivity index (χ1n) is 15.7. The summed E-state index contributed by atoms with van der Waals surface area (Å²) in [7, 11) is 0. The lowest BCUT2D eigenvalue weighted by Gasteiger charge is -2.15. The maximum absolute atomic E-state index is 6.31. The summed E-state index contributed by atoms with van der Waals surface area (Å²) in [5, 5.41) is 6.08. The molecule has 0 spiro atoms. The summed E-state index contributed by atoms with van der Waals surface area (Å²) in [6.07, 6.45) is 6.72. The molecule has 0 N–H and O–H groups in total. The van der Waals surface area contributed by atoms with Crippen molar-refractivity contribution in [2.24, 2.45) is 0 Å². The molecule has 3 nitrogen and oxygen atoms in total. The van der Waals surface area contributed by atoms with Gasteiger partial charge in [-0.2, -0.15) is 0 Å². The van der Waals surface area contributed by atoms with Crippen LogP contribution in [0.15, 0.2) is 144 Å². The van der Waals surface area contributed by atoms with Crippen molar-refractivity contribution in [1.82, 2.24) is 9.13 Å². The van der Waals surface area contributed by atoms with Crippen LogP contribution in [-0.4, -0.2) is 9.13 Å². The van der Waals surface area contributed by atoms with Gasteiger partial charge in [0.15, 0.2) is 0 Å². The number of allylic oxidation sites excluding steroid dienone is 1. The van der Waals surface area contributed by atoms with Gasteiger partial charge in [-0.05, 0) is 72.5 Å². The molecule has 9 aromatic rings. The van der Waals surface area contributed by atoms with Crippen LogP contribution >= 0.6 is 0 Å². The van der Waals surface area contributed by atoms with E-state index in [4.69, 9.17) is 4.42 Å². The summed E-state index contributed by atoms with van der Waals surface area (Å²) in [5.41, 5.74) is 12.9. The molecule has 0 amide bonds. The number of aromatic nitrogens is 2. The number of rotatable bonds is 3.